The van der Waals surface area contributed by atoms with Gasteiger partial charge in [-0.05, 0) is 19.9 Å². The molecule has 0 amide bonds. The largest absolute Gasteiger partial charge is 0.456 e. The fourth-order valence-corrected chi connectivity index (χ4v) is 1.79. The van der Waals surface area contributed by atoms with Gasteiger partial charge in [0.05, 0.1) is 5.56 Å². The van der Waals surface area contributed by atoms with E-state index < -0.39 is 5.60 Å². The highest BCUT2D eigenvalue weighted by Crippen LogP contribution is 2.29. The van der Waals surface area contributed by atoms with Crippen LogP contribution in [0.25, 0.3) is 0 Å². The third-order valence-corrected chi connectivity index (χ3v) is 2.90. The molecular formula is C11H15NO2S. The number of carbonyl (C=O) groups is 1. The van der Waals surface area contributed by atoms with E-state index in [0.717, 1.165) is 4.88 Å². The van der Waals surface area contributed by atoms with Crippen LogP contribution in [0.5, 0.6) is 0 Å². The predicted octanol–water partition coefficient (Wildman–Crippen LogP) is 3.05. The summed E-state index contributed by atoms with van der Waals surface area (Å²) in [5.41, 5.74) is -0.0378. The zero-order chi connectivity index (χ0) is 11.9. The van der Waals surface area contributed by atoms with Gasteiger partial charge in [0.1, 0.15) is 11.7 Å². The summed E-state index contributed by atoms with van der Waals surface area (Å²) in [6, 6.07) is 3.76. The third kappa shape index (κ3) is 3.72. The van der Waals surface area contributed by atoms with Gasteiger partial charge in [-0.1, -0.05) is 13.8 Å². The lowest BCUT2D eigenvalue weighted by atomic mass is 10.1. The van der Waals surface area contributed by atoms with Gasteiger partial charge in [-0.2, -0.15) is 5.26 Å². The lowest BCUT2D eigenvalue weighted by molar-refractivity contribution is -0.140. The highest BCUT2D eigenvalue weighted by atomic mass is 32.1. The molecule has 0 aliphatic heterocycles. The van der Waals surface area contributed by atoms with Crippen LogP contribution < -0.4 is 0 Å². The monoisotopic (exact) mass is 225 g/mol. The van der Waals surface area contributed by atoms with Crippen molar-refractivity contribution in [3.8, 4) is 6.07 Å². The highest BCUT2D eigenvalue weighted by Gasteiger charge is 2.23. The third-order valence-electron chi connectivity index (χ3n) is 1.66. The summed E-state index contributed by atoms with van der Waals surface area (Å²) in [5, 5.41) is 10.3. The number of thiophene rings is 1. The number of hydrogen-bond donors (Lipinski definition) is 0. The van der Waals surface area contributed by atoms with Crippen molar-refractivity contribution in [2.24, 2.45) is 0 Å². The van der Waals surface area contributed by atoms with E-state index in [0.29, 0.717) is 12.0 Å². The summed E-state index contributed by atoms with van der Waals surface area (Å²) < 4.78 is 4.89. The molecule has 1 aromatic rings. The number of rotatable bonds is 3. The Bertz CT molecular complexity index is 350. The van der Waals surface area contributed by atoms with Gasteiger partial charge in [0.15, 0.2) is 0 Å². The minimum absolute atomic E-state index is 0.422. The number of ether oxygens (including phenoxy) is 1. The Hall–Kier alpha value is -1.34. The van der Waals surface area contributed by atoms with E-state index in [-0.39, 0.29) is 0 Å². The summed E-state index contributed by atoms with van der Waals surface area (Å²) in [6.07, 6.45) is 0. The van der Waals surface area contributed by atoms with Gasteiger partial charge in [-0.3, -0.25) is 4.79 Å². The zero-order valence-electron chi connectivity index (χ0n) is 9.40. The Labute approximate surface area is 94.3 Å². The second-order valence-electron chi connectivity index (χ2n) is 3.04. The van der Waals surface area contributed by atoms with Gasteiger partial charge in [0, 0.05) is 10.3 Å². The van der Waals surface area contributed by atoms with Crippen molar-refractivity contribution < 1.29 is 9.53 Å². The van der Waals surface area contributed by atoms with Crippen molar-refractivity contribution >= 4 is 17.8 Å². The zero-order valence-corrected chi connectivity index (χ0v) is 10.2. The van der Waals surface area contributed by atoms with Crippen LogP contribution in [0.3, 0.4) is 0 Å². The van der Waals surface area contributed by atoms with Crippen molar-refractivity contribution in [2.45, 2.75) is 33.3 Å². The molecule has 0 aromatic carbocycles. The van der Waals surface area contributed by atoms with Gasteiger partial charge >= 0.3 is 0 Å². The van der Waals surface area contributed by atoms with Crippen molar-refractivity contribution in [2.75, 3.05) is 0 Å². The van der Waals surface area contributed by atoms with Crippen molar-refractivity contribution in [1.29, 1.82) is 5.26 Å². The van der Waals surface area contributed by atoms with Crippen molar-refractivity contribution in [1.82, 2.24) is 0 Å². The number of carbonyl (C=O) groups excluding carboxylic acids is 1. The smallest absolute Gasteiger partial charge is 0.293 e. The molecule has 0 unspecified atom stereocenters. The molecule has 1 heterocycles. The summed E-state index contributed by atoms with van der Waals surface area (Å²) >= 11 is 1.41. The Morgan fingerprint density at radius 1 is 1.53 bits per heavy atom. The van der Waals surface area contributed by atoms with Gasteiger partial charge < -0.3 is 4.74 Å². The summed E-state index contributed by atoms with van der Waals surface area (Å²) in [4.78, 5) is 11.1. The van der Waals surface area contributed by atoms with Crippen LogP contribution in [0, 0.1) is 11.3 Å². The summed E-state index contributed by atoms with van der Waals surface area (Å²) in [5.74, 6) is 0. The Morgan fingerprint density at radius 2 is 2.13 bits per heavy atom. The van der Waals surface area contributed by atoms with E-state index in [1.807, 2.05) is 19.9 Å². The van der Waals surface area contributed by atoms with Crippen LogP contribution in [0.2, 0.25) is 0 Å². The van der Waals surface area contributed by atoms with Gasteiger partial charge in [0.25, 0.3) is 6.47 Å². The maximum absolute atomic E-state index is 10.2. The molecule has 0 aliphatic rings. The van der Waals surface area contributed by atoms with Crippen molar-refractivity contribution in [3.05, 3.63) is 21.9 Å². The highest BCUT2D eigenvalue weighted by molar-refractivity contribution is 7.10. The first-order valence-corrected chi connectivity index (χ1v) is 5.58. The molecule has 3 nitrogen and oxygen atoms in total. The fourth-order valence-electron chi connectivity index (χ4n) is 0.889. The first kappa shape index (κ1) is 13.7. The van der Waals surface area contributed by atoms with Crippen LogP contribution in [-0.4, -0.2) is 6.47 Å². The van der Waals surface area contributed by atoms with E-state index in [4.69, 9.17) is 10.00 Å². The molecule has 15 heavy (non-hydrogen) atoms. The molecule has 0 atom stereocenters. The topological polar surface area (TPSA) is 50.1 Å². The summed E-state index contributed by atoms with van der Waals surface area (Å²) in [6.45, 7) is 7.99. The number of hydrogen-bond acceptors (Lipinski definition) is 4. The lowest BCUT2D eigenvalue weighted by Gasteiger charge is -2.20. The normalized spacial score (nSPS) is 9.53. The number of nitrogens with zero attached hydrogens (tertiary/aromatic N) is 1. The van der Waals surface area contributed by atoms with Crippen molar-refractivity contribution in [3.63, 3.8) is 0 Å². The van der Waals surface area contributed by atoms with E-state index in [2.05, 4.69) is 0 Å². The van der Waals surface area contributed by atoms with Gasteiger partial charge in [0.2, 0.25) is 0 Å². The average Bonchev–Trinajstić information content (AvgIpc) is 2.69. The molecule has 0 aliphatic carbocycles. The average molecular weight is 225 g/mol. The maximum atomic E-state index is 10.2. The molecule has 1 rings (SSSR count). The molecular weight excluding hydrogens is 210 g/mol. The molecule has 82 valence electrons. The quantitative estimate of drug-likeness (QED) is 0.743. The summed E-state index contributed by atoms with van der Waals surface area (Å²) in [7, 11) is 0. The fraction of sp³-hybridized carbons (Fsp3) is 0.455. The first-order chi connectivity index (χ1) is 7.10. The number of nitriles is 1. The minimum atomic E-state index is -0.637. The Morgan fingerprint density at radius 3 is 2.53 bits per heavy atom. The molecule has 0 spiro atoms. The van der Waals surface area contributed by atoms with E-state index in [1.54, 1.807) is 25.3 Å². The van der Waals surface area contributed by atoms with Gasteiger partial charge in [-0.25, -0.2) is 0 Å². The van der Waals surface area contributed by atoms with E-state index >= 15 is 0 Å². The van der Waals surface area contributed by atoms with Crippen LogP contribution >= 0.6 is 11.3 Å². The maximum Gasteiger partial charge on any atom is 0.293 e. The molecule has 1 aromatic heterocycles. The Balaban J connectivity index is 0.000000921. The second-order valence-corrected chi connectivity index (χ2v) is 3.95. The molecule has 4 heteroatoms. The molecule has 0 bridgehead atoms. The second kappa shape index (κ2) is 6.20. The van der Waals surface area contributed by atoms with Crippen LogP contribution in [-0.2, 0) is 15.1 Å². The molecule has 0 N–H and O–H groups in total. The van der Waals surface area contributed by atoms with Crippen LogP contribution in [0.4, 0.5) is 0 Å². The molecule has 0 fully saturated rings. The van der Waals surface area contributed by atoms with E-state index in [1.165, 1.54) is 11.3 Å². The van der Waals surface area contributed by atoms with E-state index in [9.17, 15) is 4.79 Å². The predicted molar refractivity (Wildman–Crippen MR) is 60.6 cm³/mol. The molecule has 0 saturated carbocycles. The van der Waals surface area contributed by atoms with Gasteiger partial charge in [-0.15, -0.1) is 11.3 Å². The lowest BCUT2D eigenvalue weighted by Crippen LogP contribution is -2.19. The SMILES string of the molecule is CC.CC(C)(OC=O)c1cc(C#N)cs1. The standard InChI is InChI=1S/C9H9NO2S.C2H6/c1-9(2,12-6-11)8-3-7(4-10)5-13-8;1-2/h3,5-6H,1-2H3;1-2H3. The minimum Gasteiger partial charge on any atom is -0.456 e. The first-order valence-electron chi connectivity index (χ1n) is 4.70. The molecule has 0 radical (unpaired) electrons. The van der Waals surface area contributed by atoms with Crippen LogP contribution in [0.1, 0.15) is 38.1 Å². The Kier molecular flexibility index (Phi) is 5.65. The molecule has 0 saturated heterocycles. The van der Waals surface area contributed by atoms with Crippen LogP contribution in [0.15, 0.2) is 11.4 Å².